The minimum atomic E-state index is 0.327. The van der Waals surface area contributed by atoms with E-state index in [2.05, 4.69) is 43.3 Å². The lowest BCUT2D eigenvalue weighted by atomic mass is 10.2. The Morgan fingerprint density at radius 1 is 1.26 bits per heavy atom. The molecule has 27 heavy (non-hydrogen) atoms. The van der Waals surface area contributed by atoms with Crippen molar-refractivity contribution < 1.29 is 9.26 Å². The molecule has 0 fully saturated rings. The second-order valence-corrected chi connectivity index (χ2v) is 6.78. The maximum absolute atomic E-state index is 5.44. The first-order valence-electron chi connectivity index (χ1n) is 8.11. The molecular formula is C19H17BrN4O2S. The Kier molecular flexibility index (Phi) is 6.56. The highest BCUT2D eigenvalue weighted by Gasteiger charge is 2.09. The van der Waals surface area contributed by atoms with Gasteiger partial charge < -0.3 is 19.9 Å². The van der Waals surface area contributed by atoms with E-state index in [1.165, 1.54) is 0 Å². The molecule has 2 aromatic carbocycles. The van der Waals surface area contributed by atoms with Gasteiger partial charge in [-0.3, -0.25) is 0 Å². The smallest absolute Gasteiger partial charge is 0.246 e. The molecule has 0 aliphatic carbocycles. The Morgan fingerprint density at radius 3 is 2.81 bits per heavy atom. The number of thiocarbonyl (C=S) groups is 1. The molecule has 0 spiro atoms. The molecule has 0 radical (unpaired) electrons. The van der Waals surface area contributed by atoms with Crippen molar-refractivity contribution in [1.29, 1.82) is 0 Å². The molecule has 8 heteroatoms. The summed E-state index contributed by atoms with van der Waals surface area (Å²) in [5, 5.41) is 10.6. The number of hydrogen-bond donors (Lipinski definition) is 2. The third-order valence-corrected chi connectivity index (χ3v) is 4.17. The lowest BCUT2D eigenvalue weighted by molar-refractivity contribution is 0.363. The monoisotopic (exact) mass is 444 g/mol. The molecule has 1 aromatic heterocycles. The summed E-state index contributed by atoms with van der Waals surface area (Å²) < 4.78 is 11.7. The van der Waals surface area contributed by atoms with Crippen molar-refractivity contribution in [2.75, 3.05) is 11.9 Å². The number of nitrogens with zero attached hydrogens (tertiary/aromatic N) is 2. The molecule has 0 aliphatic rings. The molecule has 0 aliphatic heterocycles. The number of halogens is 1. The first-order chi connectivity index (χ1) is 13.1. The highest BCUT2D eigenvalue weighted by Crippen LogP contribution is 2.20. The van der Waals surface area contributed by atoms with E-state index in [1.807, 2.05) is 48.5 Å². The van der Waals surface area contributed by atoms with Gasteiger partial charge in [0, 0.05) is 15.7 Å². The predicted octanol–water partition coefficient (Wildman–Crippen LogP) is 4.55. The van der Waals surface area contributed by atoms with Crippen LogP contribution in [0.5, 0.6) is 5.75 Å². The minimum absolute atomic E-state index is 0.327. The fourth-order valence-corrected chi connectivity index (χ4v) is 2.78. The molecule has 0 bridgehead atoms. The van der Waals surface area contributed by atoms with Crippen LogP contribution in [0.25, 0.3) is 11.4 Å². The lowest BCUT2D eigenvalue weighted by Gasteiger charge is -2.09. The van der Waals surface area contributed by atoms with E-state index in [9.17, 15) is 0 Å². The Labute approximate surface area is 170 Å². The van der Waals surface area contributed by atoms with Gasteiger partial charge in [0.25, 0.3) is 0 Å². The summed E-state index contributed by atoms with van der Waals surface area (Å²) in [4.78, 5) is 4.37. The third kappa shape index (κ3) is 5.63. The summed E-state index contributed by atoms with van der Waals surface area (Å²) in [7, 11) is 0. The minimum Gasteiger partial charge on any atom is -0.490 e. The van der Waals surface area contributed by atoms with E-state index in [0.29, 0.717) is 30.0 Å². The molecule has 0 saturated carbocycles. The van der Waals surface area contributed by atoms with Crippen LogP contribution in [0.4, 0.5) is 5.69 Å². The summed E-state index contributed by atoms with van der Waals surface area (Å²) in [6.07, 6.45) is 1.70. The second-order valence-electron chi connectivity index (χ2n) is 5.45. The van der Waals surface area contributed by atoms with Crippen LogP contribution in [0.3, 0.4) is 0 Å². The van der Waals surface area contributed by atoms with Gasteiger partial charge in [-0.25, -0.2) is 0 Å². The fourth-order valence-electron chi connectivity index (χ4n) is 2.19. The number of anilines is 1. The summed E-state index contributed by atoms with van der Waals surface area (Å²) in [5.41, 5.74) is 1.72. The van der Waals surface area contributed by atoms with Crippen molar-refractivity contribution in [2.45, 2.75) is 6.54 Å². The number of ether oxygens (including phenoxy) is 1. The van der Waals surface area contributed by atoms with E-state index in [1.54, 1.807) is 6.08 Å². The molecule has 2 N–H and O–H groups in total. The van der Waals surface area contributed by atoms with Crippen molar-refractivity contribution in [1.82, 2.24) is 15.5 Å². The number of rotatable bonds is 7. The number of aromatic nitrogens is 2. The zero-order valence-corrected chi connectivity index (χ0v) is 16.7. The quantitative estimate of drug-likeness (QED) is 0.408. The van der Waals surface area contributed by atoms with Gasteiger partial charge in [0.1, 0.15) is 12.4 Å². The van der Waals surface area contributed by atoms with Crippen LogP contribution in [0.15, 0.2) is 70.2 Å². The molecular weight excluding hydrogens is 428 g/mol. The Hall–Kier alpha value is -2.71. The second kappa shape index (κ2) is 9.29. The van der Waals surface area contributed by atoms with Gasteiger partial charge in [0.15, 0.2) is 5.11 Å². The van der Waals surface area contributed by atoms with E-state index in [-0.39, 0.29) is 0 Å². The van der Waals surface area contributed by atoms with Crippen molar-refractivity contribution in [3.05, 3.63) is 71.5 Å². The van der Waals surface area contributed by atoms with Gasteiger partial charge >= 0.3 is 0 Å². The Balaban J connectivity index is 1.51. The van der Waals surface area contributed by atoms with Crippen molar-refractivity contribution in [3.8, 4) is 17.1 Å². The largest absolute Gasteiger partial charge is 0.490 e. The van der Waals surface area contributed by atoms with Crippen LogP contribution in [0, 0.1) is 0 Å². The highest BCUT2D eigenvalue weighted by molar-refractivity contribution is 9.10. The molecule has 3 aromatic rings. The van der Waals surface area contributed by atoms with Crippen molar-refractivity contribution in [3.63, 3.8) is 0 Å². The van der Waals surface area contributed by atoms with Crippen LogP contribution in [0.2, 0.25) is 0 Å². The standard InChI is InChI=1S/C19H17BrN4O2S/c1-2-10-25-16-8-6-15(7-9-16)22-19(27)21-12-17-23-18(24-26-17)13-4-3-5-14(20)11-13/h2-9,11H,1,10,12H2,(H2,21,22,27). The molecule has 3 rings (SSSR count). The van der Waals surface area contributed by atoms with Gasteiger partial charge in [-0.2, -0.15) is 4.98 Å². The summed E-state index contributed by atoms with van der Waals surface area (Å²) in [5.74, 6) is 1.75. The molecule has 138 valence electrons. The molecule has 0 saturated heterocycles. The Morgan fingerprint density at radius 2 is 2.07 bits per heavy atom. The molecule has 6 nitrogen and oxygen atoms in total. The van der Waals surface area contributed by atoms with E-state index in [4.69, 9.17) is 21.5 Å². The van der Waals surface area contributed by atoms with Crippen LogP contribution in [-0.2, 0) is 6.54 Å². The van der Waals surface area contributed by atoms with Gasteiger partial charge in [-0.05, 0) is 48.6 Å². The van der Waals surface area contributed by atoms with Gasteiger partial charge in [-0.15, -0.1) is 0 Å². The van der Waals surface area contributed by atoms with Gasteiger partial charge in [-0.1, -0.05) is 45.9 Å². The van der Waals surface area contributed by atoms with E-state index in [0.717, 1.165) is 21.5 Å². The summed E-state index contributed by atoms with van der Waals surface area (Å²) >= 11 is 8.72. The number of hydrogen-bond acceptors (Lipinski definition) is 5. The maximum atomic E-state index is 5.44. The zero-order valence-electron chi connectivity index (χ0n) is 14.3. The molecule has 0 unspecified atom stereocenters. The molecule has 0 amide bonds. The lowest BCUT2D eigenvalue weighted by Crippen LogP contribution is -2.27. The highest BCUT2D eigenvalue weighted by atomic mass is 79.9. The average molecular weight is 445 g/mol. The first-order valence-corrected chi connectivity index (χ1v) is 9.31. The summed E-state index contributed by atoms with van der Waals surface area (Å²) in [6.45, 7) is 4.42. The van der Waals surface area contributed by atoms with E-state index < -0.39 is 0 Å². The molecule has 0 atom stereocenters. The van der Waals surface area contributed by atoms with Crippen LogP contribution in [0.1, 0.15) is 5.89 Å². The zero-order chi connectivity index (χ0) is 19.1. The SMILES string of the molecule is C=CCOc1ccc(NC(=S)NCc2nc(-c3cccc(Br)c3)no2)cc1. The first kappa shape index (κ1) is 19.1. The summed E-state index contributed by atoms with van der Waals surface area (Å²) in [6, 6.07) is 15.2. The van der Waals surface area contributed by atoms with Crippen molar-refractivity contribution in [2.24, 2.45) is 0 Å². The molecule has 1 heterocycles. The third-order valence-electron chi connectivity index (χ3n) is 3.43. The van der Waals surface area contributed by atoms with Crippen LogP contribution >= 0.6 is 28.1 Å². The van der Waals surface area contributed by atoms with E-state index >= 15 is 0 Å². The normalized spacial score (nSPS) is 10.3. The fraction of sp³-hybridized carbons (Fsp3) is 0.105. The number of nitrogens with one attached hydrogen (secondary N) is 2. The van der Waals surface area contributed by atoms with Crippen LogP contribution in [-0.4, -0.2) is 21.9 Å². The van der Waals surface area contributed by atoms with Crippen molar-refractivity contribution >= 4 is 38.9 Å². The topological polar surface area (TPSA) is 72.2 Å². The Bertz CT molecular complexity index is 927. The van der Waals surface area contributed by atoms with Gasteiger partial charge in [0.2, 0.25) is 11.7 Å². The number of benzene rings is 2. The van der Waals surface area contributed by atoms with Crippen LogP contribution < -0.4 is 15.4 Å². The van der Waals surface area contributed by atoms with Gasteiger partial charge in [0.05, 0.1) is 6.54 Å². The predicted molar refractivity (Wildman–Crippen MR) is 113 cm³/mol. The maximum Gasteiger partial charge on any atom is 0.246 e. The average Bonchev–Trinajstić information content (AvgIpc) is 3.15.